The number of rotatable bonds is 7. The molecule has 26 heavy (non-hydrogen) atoms. The molecule has 0 aromatic heterocycles. The highest BCUT2D eigenvalue weighted by Crippen LogP contribution is 2.22. The second kappa shape index (κ2) is 8.83. The normalized spacial score (nSPS) is 18.5. The number of nitrogens with zero attached hydrogens (tertiary/aromatic N) is 1. The predicted molar refractivity (Wildman–Crippen MR) is 99.9 cm³/mol. The monoisotopic (exact) mass is 401 g/mol. The second-order valence-corrected chi connectivity index (χ2v) is 8.96. The number of likely N-dealkylation sites (tertiary alicyclic amines) is 1. The summed E-state index contributed by atoms with van der Waals surface area (Å²) >= 11 is 5.88. The number of carbonyl (C=O) groups is 2. The van der Waals surface area contributed by atoms with Crippen molar-refractivity contribution in [2.45, 2.75) is 24.2 Å². The molecule has 2 rings (SSSR count). The van der Waals surface area contributed by atoms with E-state index in [9.17, 15) is 18.0 Å². The lowest BCUT2D eigenvalue weighted by Crippen LogP contribution is -2.42. The number of benzene rings is 1. The molecule has 1 saturated heterocycles. The molecule has 9 heteroatoms. The molecule has 0 saturated carbocycles. The molecule has 144 valence electrons. The topological polar surface area (TPSA) is 110 Å². The van der Waals surface area contributed by atoms with Crippen LogP contribution in [0.4, 0.5) is 0 Å². The van der Waals surface area contributed by atoms with Gasteiger partial charge in [0.2, 0.25) is 5.91 Å². The summed E-state index contributed by atoms with van der Waals surface area (Å²) in [7, 11) is -3.50. The number of hydrogen-bond acceptors (Lipinski definition) is 5. The van der Waals surface area contributed by atoms with Gasteiger partial charge in [-0.1, -0.05) is 11.6 Å². The van der Waals surface area contributed by atoms with Crippen LogP contribution in [0.2, 0.25) is 5.02 Å². The molecule has 0 radical (unpaired) electrons. The number of hydrogen-bond donors (Lipinski definition) is 2. The molecule has 1 atom stereocenters. The van der Waals surface area contributed by atoms with Gasteiger partial charge < -0.3 is 16.0 Å². The van der Waals surface area contributed by atoms with Gasteiger partial charge in [-0.15, -0.1) is 0 Å². The van der Waals surface area contributed by atoms with Gasteiger partial charge in [0.1, 0.15) is 0 Å². The Labute approximate surface area is 158 Å². The molecule has 2 amide bonds. The highest BCUT2D eigenvalue weighted by molar-refractivity contribution is 7.90. The average Bonchev–Trinajstić information content (AvgIpc) is 2.58. The zero-order valence-electron chi connectivity index (χ0n) is 14.7. The molecule has 1 heterocycles. The van der Waals surface area contributed by atoms with Gasteiger partial charge in [-0.3, -0.25) is 9.59 Å². The Hall–Kier alpha value is -1.64. The maximum Gasteiger partial charge on any atom is 0.251 e. The highest BCUT2D eigenvalue weighted by Gasteiger charge is 2.23. The van der Waals surface area contributed by atoms with Crippen molar-refractivity contribution < 1.29 is 18.0 Å². The van der Waals surface area contributed by atoms with E-state index >= 15 is 0 Å². The number of nitrogens with two attached hydrogens (primary N) is 1. The predicted octanol–water partition coefficient (Wildman–Crippen LogP) is 1.06. The summed E-state index contributed by atoms with van der Waals surface area (Å²) in [5, 5.41) is 2.87. The summed E-state index contributed by atoms with van der Waals surface area (Å²) in [6, 6.07) is 4.19. The summed E-state index contributed by atoms with van der Waals surface area (Å²) in [5.74, 6) is -0.700. The Kier molecular flexibility index (Phi) is 7.02. The van der Waals surface area contributed by atoms with E-state index in [1.807, 2.05) is 0 Å². The third-order valence-corrected chi connectivity index (χ3v) is 6.02. The zero-order chi connectivity index (χ0) is 19.3. The molecule has 3 N–H and O–H groups in total. The standard InChI is InChI=1S/C17H24ClN3O4S/c1-26(24,25)15-10-12(5-6-14(15)18)17(23)20-7-3-9-21-8-2-4-13(11-21)16(19)22/h5-6,10,13H,2-4,7-9,11H2,1H3,(H2,19,22)(H,20,23). The van der Waals surface area contributed by atoms with Crippen LogP contribution < -0.4 is 11.1 Å². The fraction of sp³-hybridized carbons (Fsp3) is 0.529. The average molecular weight is 402 g/mol. The molecule has 1 aliphatic heterocycles. The Balaban J connectivity index is 1.83. The van der Waals surface area contributed by atoms with E-state index in [4.69, 9.17) is 17.3 Å². The minimum absolute atomic E-state index is 0.0578. The quantitative estimate of drug-likeness (QED) is 0.664. The van der Waals surface area contributed by atoms with Crippen molar-refractivity contribution in [3.05, 3.63) is 28.8 Å². The van der Waals surface area contributed by atoms with Gasteiger partial charge in [0.05, 0.1) is 15.8 Å². The third kappa shape index (κ3) is 5.69. The minimum atomic E-state index is -3.50. The van der Waals surface area contributed by atoms with Crippen LogP contribution in [0.5, 0.6) is 0 Å². The van der Waals surface area contributed by atoms with Crippen LogP contribution in [-0.4, -0.2) is 57.6 Å². The molecule has 1 aliphatic rings. The van der Waals surface area contributed by atoms with E-state index in [0.717, 1.165) is 38.6 Å². The van der Waals surface area contributed by atoms with Crippen molar-refractivity contribution in [3.63, 3.8) is 0 Å². The minimum Gasteiger partial charge on any atom is -0.369 e. The molecule has 1 aromatic carbocycles. The Morgan fingerprint density at radius 2 is 2.12 bits per heavy atom. The van der Waals surface area contributed by atoms with Gasteiger partial charge in [0.25, 0.3) is 5.91 Å². The van der Waals surface area contributed by atoms with Gasteiger partial charge in [-0.25, -0.2) is 8.42 Å². The summed E-state index contributed by atoms with van der Waals surface area (Å²) in [6.45, 7) is 2.80. The van der Waals surface area contributed by atoms with Gasteiger partial charge in [-0.05, 0) is 50.6 Å². The summed E-state index contributed by atoms with van der Waals surface area (Å²) in [4.78, 5) is 25.6. The number of carbonyl (C=O) groups excluding carboxylic acids is 2. The van der Waals surface area contributed by atoms with Gasteiger partial charge >= 0.3 is 0 Å². The molecule has 0 aliphatic carbocycles. The Morgan fingerprint density at radius 3 is 2.77 bits per heavy atom. The number of nitrogens with one attached hydrogen (secondary N) is 1. The van der Waals surface area contributed by atoms with E-state index in [2.05, 4.69) is 10.2 Å². The molecule has 1 fully saturated rings. The smallest absolute Gasteiger partial charge is 0.251 e. The van der Waals surface area contributed by atoms with Crippen LogP contribution in [0.25, 0.3) is 0 Å². The van der Waals surface area contributed by atoms with E-state index in [0.29, 0.717) is 13.1 Å². The van der Waals surface area contributed by atoms with Crippen LogP contribution in [-0.2, 0) is 14.6 Å². The number of amides is 2. The third-order valence-electron chi connectivity index (χ3n) is 4.44. The van der Waals surface area contributed by atoms with Crippen molar-refractivity contribution in [2.24, 2.45) is 11.7 Å². The zero-order valence-corrected chi connectivity index (χ0v) is 16.3. The van der Waals surface area contributed by atoms with Gasteiger partial charge in [0.15, 0.2) is 9.84 Å². The van der Waals surface area contributed by atoms with Crippen LogP contribution in [0.1, 0.15) is 29.6 Å². The first kappa shape index (κ1) is 20.7. The first-order valence-electron chi connectivity index (χ1n) is 8.48. The fourth-order valence-corrected chi connectivity index (χ4v) is 4.33. The number of piperidine rings is 1. The second-order valence-electron chi connectivity index (χ2n) is 6.57. The summed E-state index contributed by atoms with van der Waals surface area (Å²) in [6.07, 6.45) is 3.55. The molecule has 7 nitrogen and oxygen atoms in total. The first-order chi connectivity index (χ1) is 12.2. The number of primary amides is 1. The van der Waals surface area contributed by atoms with Crippen LogP contribution in [0, 0.1) is 5.92 Å². The maximum absolute atomic E-state index is 12.2. The molecular weight excluding hydrogens is 378 g/mol. The van der Waals surface area contributed by atoms with Crippen LogP contribution in [0.3, 0.4) is 0 Å². The first-order valence-corrected chi connectivity index (χ1v) is 10.7. The van der Waals surface area contributed by atoms with E-state index in [1.165, 1.54) is 18.2 Å². The van der Waals surface area contributed by atoms with Crippen molar-refractivity contribution in [2.75, 3.05) is 32.4 Å². The largest absolute Gasteiger partial charge is 0.369 e. The summed E-state index contributed by atoms with van der Waals surface area (Å²) in [5.41, 5.74) is 5.62. The lowest BCUT2D eigenvalue weighted by Gasteiger charge is -2.31. The molecule has 1 unspecified atom stereocenters. The molecule has 1 aromatic rings. The Morgan fingerprint density at radius 1 is 1.38 bits per heavy atom. The lowest BCUT2D eigenvalue weighted by molar-refractivity contribution is -0.123. The molecule has 0 bridgehead atoms. The fourth-order valence-electron chi connectivity index (χ4n) is 3.03. The van der Waals surface area contributed by atoms with Crippen LogP contribution in [0.15, 0.2) is 23.1 Å². The van der Waals surface area contributed by atoms with E-state index in [-0.39, 0.29) is 33.2 Å². The van der Waals surface area contributed by atoms with Crippen molar-refractivity contribution >= 4 is 33.3 Å². The van der Waals surface area contributed by atoms with Crippen molar-refractivity contribution in [1.29, 1.82) is 0 Å². The van der Waals surface area contributed by atoms with Crippen molar-refractivity contribution in [3.8, 4) is 0 Å². The summed E-state index contributed by atoms with van der Waals surface area (Å²) < 4.78 is 23.4. The van der Waals surface area contributed by atoms with Crippen molar-refractivity contribution in [1.82, 2.24) is 10.2 Å². The van der Waals surface area contributed by atoms with E-state index in [1.54, 1.807) is 0 Å². The number of halogens is 1. The molecule has 0 spiro atoms. The van der Waals surface area contributed by atoms with Crippen LogP contribution >= 0.6 is 11.6 Å². The SMILES string of the molecule is CS(=O)(=O)c1cc(C(=O)NCCCN2CCCC(C(N)=O)C2)ccc1Cl. The highest BCUT2D eigenvalue weighted by atomic mass is 35.5. The molecular formula is C17H24ClN3O4S. The Bertz CT molecular complexity index is 782. The number of sulfone groups is 1. The van der Waals surface area contributed by atoms with E-state index < -0.39 is 9.84 Å². The van der Waals surface area contributed by atoms with Gasteiger partial charge in [0, 0.05) is 24.9 Å². The van der Waals surface area contributed by atoms with Gasteiger partial charge in [-0.2, -0.15) is 0 Å². The lowest BCUT2D eigenvalue weighted by atomic mass is 9.97. The maximum atomic E-state index is 12.2.